The second kappa shape index (κ2) is 7.87. The molecule has 0 aliphatic heterocycles. The van der Waals surface area contributed by atoms with E-state index < -0.39 is 36.4 Å². The molecule has 0 radical (unpaired) electrons. The number of methoxy groups -OCH3 is 1. The normalized spacial score (nSPS) is 11.2. The molecule has 2 amide bonds. The Hall–Kier alpha value is -2.32. The third-order valence-corrected chi connectivity index (χ3v) is 1.82. The molecule has 102 valence electrons. The van der Waals surface area contributed by atoms with Gasteiger partial charge in [0.1, 0.15) is 6.04 Å². The zero-order valence-electron chi connectivity index (χ0n) is 9.63. The Morgan fingerprint density at radius 1 is 1.22 bits per heavy atom. The summed E-state index contributed by atoms with van der Waals surface area (Å²) in [6, 6.07) is -2.40. The fraction of sp³-hybridized carbons (Fsp3) is 0.556. The van der Waals surface area contributed by atoms with Crippen LogP contribution in [0.3, 0.4) is 0 Å². The lowest BCUT2D eigenvalue weighted by Gasteiger charge is -2.12. The summed E-state index contributed by atoms with van der Waals surface area (Å²) >= 11 is 0. The van der Waals surface area contributed by atoms with Crippen LogP contribution < -0.4 is 10.6 Å². The average molecular weight is 262 g/mol. The standard InChI is InChI=1S/C9H14N2O7/c1-18-7(14)2-3-10-9(17)11-5(8(15)16)4-6(12)13/h5H,2-4H2,1H3,(H,12,13)(H,15,16)(H2,10,11,17)/t5-/m1/s1. The summed E-state index contributed by atoms with van der Waals surface area (Å²) in [6.45, 7) is -0.0437. The molecular formula is C9H14N2O7. The number of carbonyl (C=O) groups excluding carboxylic acids is 2. The van der Waals surface area contributed by atoms with Crippen LogP contribution in [0.25, 0.3) is 0 Å². The number of esters is 1. The largest absolute Gasteiger partial charge is 0.481 e. The highest BCUT2D eigenvalue weighted by atomic mass is 16.5. The van der Waals surface area contributed by atoms with Crippen molar-refractivity contribution in [3.63, 3.8) is 0 Å². The minimum absolute atomic E-state index is 0.0437. The number of carboxylic acids is 2. The minimum atomic E-state index is -1.53. The van der Waals surface area contributed by atoms with Crippen molar-refractivity contribution in [2.75, 3.05) is 13.7 Å². The maximum absolute atomic E-state index is 11.2. The molecule has 0 aliphatic rings. The van der Waals surface area contributed by atoms with Crippen LogP contribution in [0.2, 0.25) is 0 Å². The molecule has 0 saturated heterocycles. The van der Waals surface area contributed by atoms with Gasteiger partial charge in [-0.3, -0.25) is 9.59 Å². The van der Waals surface area contributed by atoms with Crippen molar-refractivity contribution in [3.05, 3.63) is 0 Å². The molecule has 0 heterocycles. The van der Waals surface area contributed by atoms with Gasteiger partial charge in [0, 0.05) is 6.54 Å². The first kappa shape index (κ1) is 15.7. The van der Waals surface area contributed by atoms with E-state index in [-0.39, 0.29) is 13.0 Å². The fourth-order valence-electron chi connectivity index (χ4n) is 0.964. The van der Waals surface area contributed by atoms with Crippen molar-refractivity contribution in [1.82, 2.24) is 10.6 Å². The van der Waals surface area contributed by atoms with Crippen LogP contribution in [0.1, 0.15) is 12.8 Å². The zero-order valence-corrected chi connectivity index (χ0v) is 9.63. The Morgan fingerprint density at radius 2 is 1.83 bits per heavy atom. The number of carboxylic acid groups (broad SMARTS) is 2. The van der Waals surface area contributed by atoms with Gasteiger partial charge < -0.3 is 25.6 Å². The fourth-order valence-corrected chi connectivity index (χ4v) is 0.964. The molecule has 0 saturated carbocycles. The van der Waals surface area contributed by atoms with Gasteiger partial charge in [-0.15, -0.1) is 0 Å². The number of carbonyl (C=O) groups is 4. The van der Waals surface area contributed by atoms with Gasteiger partial charge >= 0.3 is 23.9 Å². The quantitative estimate of drug-likeness (QED) is 0.421. The molecule has 0 aromatic rings. The number of hydrogen-bond acceptors (Lipinski definition) is 5. The first-order valence-corrected chi connectivity index (χ1v) is 4.92. The van der Waals surface area contributed by atoms with E-state index in [0.717, 1.165) is 0 Å². The summed E-state index contributed by atoms with van der Waals surface area (Å²) in [6.07, 6.45) is -0.805. The molecule has 0 unspecified atom stereocenters. The summed E-state index contributed by atoms with van der Waals surface area (Å²) in [5.74, 6) is -3.34. The molecule has 1 atom stereocenters. The second-order valence-corrected chi connectivity index (χ2v) is 3.22. The van der Waals surface area contributed by atoms with Crippen LogP contribution in [0.4, 0.5) is 4.79 Å². The Bertz CT molecular complexity index is 342. The zero-order chi connectivity index (χ0) is 14.1. The predicted octanol–water partition coefficient (Wildman–Crippen LogP) is -1.22. The van der Waals surface area contributed by atoms with Gasteiger partial charge in [-0.1, -0.05) is 0 Å². The van der Waals surface area contributed by atoms with E-state index in [2.05, 4.69) is 10.1 Å². The van der Waals surface area contributed by atoms with E-state index in [4.69, 9.17) is 10.2 Å². The van der Waals surface area contributed by atoms with Crippen LogP contribution >= 0.6 is 0 Å². The minimum Gasteiger partial charge on any atom is -0.481 e. The molecule has 0 aromatic carbocycles. The van der Waals surface area contributed by atoms with Gasteiger partial charge in [-0.25, -0.2) is 9.59 Å². The molecule has 9 heteroatoms. The molecule has 0 spiro atoms. The SMILES string of the molecule is COC(=O)CCNC(=O)N[C@H](CC(=O)O)C(=O)O. The number of hydrogen-bond donors (Lipinski definition) is 4. The highest BCUT2D eigenvalue weighted by Gasteiger charge is 2.22. The number of ether oxygens (including phenoxy) is 1. The Morgan fingerprint density at radius 3 is 2.28 bits per heavy atom. The third kappa shape index (κ3) is 7.04. The smallest absolute Gasteiger partial charge is 0.326 e. The molecule has 0 aliphatic carbocycles. The van der Waals surface area contributed by atoms with Crippen molar-refractivity contribution in [3.8, 4) is 0 Å². The van der Waals surface area contributed by atoms with Crippen LogP contribution in [0, 0.1) is 0 Å². The molecule has 0 fully saturated rings. The molecular weight excluding hydrogens is 248 g/mol. The van der Waals surface area contributed by atoms with Crippen LogP contribution in [-0.2, 0) is 19.1 Å². The average Bonchev–Trinajstić information content (AvgIpc) is 2.27. The van der Waals surface area contributed by atoms with Gasteiger partial charge in [-0.05, 0) is 0 Å². The highest BCUT2D eigenvalue weighted by molar-refractivity contribution is 5.86. The lowest BCUT2D eigenvalue weighted by Crippen LogP contribution is -2.47. The van der Waals surface area contributed by atoms with E-state index in [1.165, 1.54) is 7.11 Å². The first-order valence-electron chi connectivity index (χ1n) is 4.92. The molecule has 4 N–H and O–H groups in total. The number of aliphatic carboxylic acids is 2. The topological polar surface area (TPSA) is 142 Å². The van der Waals surface area contributed by atoms with Gasteiger partial charge in [-0.2, -0.15) is 0 Å². The summed E-state index contributed by atoms with van der Waals surface area (Å²) in [5.41, 5.74) is 0. The van der Waals surface area contributed by atoms with Crippen molar-refractivity contribution in [2.24, 2.45) is 0 Å². The second-order valence-electron chi connectivity index (χ2n) is 3.22. The number of nitrogens with one attached hydrogen (secondary N) is 2. The van der Waals surface area contributed by atoms with Gasteiger partial charge in [0.2, 0.25) is 0 Å². The Labute approximate surface area is 102 Å². The molecule has 0 aromatic heterocycles. The van der Waals surface area contributed by atoms with E-state index in [1.54, 1.807) is 0 Å². The molecule has 18 heavy (non-hydrogen) atoms. The summed E-state index contributed by atoms with van der Waals surface area (Å²) in [7, 11) is 1.19. The van der Waals surface area contributed by atoms with Gasteiger partial charge in [0.15, 0.2) is 0 Å². The monoisotopic (exact) mass is 262 g/mol. The summed E-state index contributed by atoms with van der Waals surface area (Å²) in [4.78, 5) is 42.8. The van der Waals surface area contributed by atoms with Crippen molar-refractivity contribution >= 4 is 23.9 Å². The van der Waals surface area contributed by atoms with Gasteiger partial charge in [0.25, 0.3) is 0 Å². The number of rotatable bonds is 7. The van der Waals surface area contributed by atoms with E-state index >= 15 is 0 Å². The lowest BCUT2D eigenvalue weighted by molar-refractivity contribution is -0.145. The van der Waals surface area contributed by atoms with Crippen LogP contribution in [-0.4, -0.2) is 53.8 Å². The van der Waals surface area contributed by atoms with Crippen molar-refractivity contribution in [2.45, 2.75) is 18.9 Å². The number of amides is 2. The third-order valence-electron chi connectivity index (χ3n) is 1.82. The Balaban J connectivity index is 4.06. The van der Waals surface area contributed by atoms with E-state index in [1.807, 2.05) is 5.32 Å². The molecule has 9 nitrogen and oxygen atoms in total. The molecule has 0 rings (SSSR count). The predicted molar refractivity (Wildman–Crippen MR) is 56.8 cm³/mol. The highest BCUT2D eigenvalue weighted by Crippen LogP contribution is 1.92. The van der Waals surface area contributed by atoms with E-state index in [0.29, 0.717) is 0 Å². The van der Waals surface area contributed by atoms with Crippen LogP contribution in [0.15, 0.2) is 0 Å². The number of urea groups is 1. The maximum atomic E-state index is 11.2. The van der Waals surface area contributed by atoms with E-state index in [9.17, 15) is 19.2 Å². The maximum Gasteiger partial charge on any atom is 0.326 e. The summed E-state index contributed by atoms with van der Waals surface area (Å²) < 4.78 is 4.32. The van der Waals surface area contributed by atoms with Crippen molar-refractivity contribution in [1.29, 1.82) is 0 Å². The van der Waals surface area contributed by atoms with Gasteiger partial charge in [0.05, 0.1) is 20.0 Å². The van der Waals surface area contributed by atoms with Crippen molar-refractivity contribution < 1.29 is 34.1 Å². The Kier molecular flexibility index (Phi) is 6.86. The summed E-state index contributed by atoms with van der Waals surface area (Å²) in [5, 5.41) is 21.2. The first-order chi connectivity index (χ1) is 8.36. The molecule has 0 bridgehead atoms. The lowest BCUT2D eigenvalue weighted by atomic mass is 10.2. The van der Waals surface area contributed by atoms with Crippen LogP contribution in [0.5, 0.6) is 0 Å².